The van der Waals surface area contributed by atoms with Gasteiger partial charge in [-0.25, -0.2) is 0 Å². The first-order chi connectivity index (χ1) is 10.6. The monoisotopic (exact) mass is 321 g/mol. The Kier molecular flexibility index (Phi) is 4.78. The minimum atomic E-state index is -0.306. The lowest BCUT2D eigenvalue weighted by Crippen LogP contribution is -2.52. The van der Waals surface area contributed by atoms with Crippen LogP contribution in [0, 0.1) is 0 Å². The number of rotatable bonds is 3. The average Bonchev–Trinajstić information content (AvgIpc) is 3.18. The molecule has 2 amide bonds. The van der Waals surface area contributed by atoms with Crippen molar-refractivity contribution in [2.24, 2.45) is 0 Å². The first kappa shape index (κ1) is 15.5. The number of nitrogens with zero attached hydrogens (tertiary/aromatic N) is 1. The number of hydrogen-bond acceptors (Lipinski definition) is 4. The minimum absolute atomic E-state index is 0.00803. The third-order valence-electron chi connectivity index (χ3n) is 4.52. The molecule has 3 heterocycles. The molecule has 120 valence electrons. The number of thiophene rings is 1. The van der Waals surface area contributed by atoms with Crippen molar-refractivity contribution in [3.8, 4) is 0 Å². The van der Waals surface area contributed by atoms with Crippen molar-refractivity contribution >= 4 is 23.2 Å². The van der Waals surface area contributed by atoms with Gasteiger partial charge in [0.25, 0.3) is 5.91 Å². The van der Waals surface area contributed by atoms with Gasteiger partial charge in [-0.15, -0.1) is 11.3 Å². The highest BCUT2D eigenvalue weighted by atomic mass is 32.1. The predicted octanol–water partition coefficient (Wildman–Crippen LogP) is 1.61. The summed E-state index contributed by atoms with van der Waals surface area (Å²) in [5, 5.41) is 8.44. The van der Waals surface area contributed by atoms with E-state index in [2.05, 4.69) is 17.6 Å². The van der Waals surface area contributed by atoms with Crippen LogP contribution in [0.15, 0.2) is 17.5 Å². The molecule has 0 spiro atoms. The maximum absolute atomic E-state index is 12.6. The molecule has 5 nitrogen and oxygen atoms in total. The van der Waals surface area contributed by atoms with E-state index in [9.17, 15) is 9.59 Å². The van der Waals surface area contributed by atoms with Crippen molar-refractivity contribution in [2.75, 3.05) is 13.1 Å². The summed E-state index contributed by atoms with van der Waals surface area (Å²) in [6.07, 6.45) is 3.58. The van der Waals surface area contributed by atoms with Gasteiger partial charge in [-0.3, -0.25) is 9.59 Å². The van der Waals surface area contributed by atoms with Gasteiger partial charge in [0.2, 0.25) is 5.91 Å². The van der Waals surface area contributed by atoms with Crippen LogP contribution in [0.3, 0.4) is 0 Å². The fourth-order valence-electron chi connectivity index (χ4n) is 3.38. The van der Waals surface area contributed by atoms with E-state index in [0.717, 1.165) is 37.1 Å². The molecule has 1 aromatic rings. The summed E-state index contributed by atoms with van der Waals surface area (Å²) in [5.74, 6) is 0.00725. The molecular formula is C16H23N3O2S. The molecule has 3 rings (SSSR count). The van der Waals surface area contributed by atoms with E-state index < -0.39 is 0 Å². The summed E-state index contributed by atoms with van der Waals surface area (Å²) < 4.78 is 0. The molecule has 22 heavy (non-hydrogen) atoms. The van der Waals surface area contributed by atoms with Crippen LogP contribution in [0.1, 0.15) is 42.3 Å². The molecule has 3 atom stereocenters. The van der Waals surface area contributed by atoms with Crippen LogP contribution < -0.4 is 10.6 Å². The molecule has 0 saturated carbocycles. The molecule has 2 N–H and O–H groups in total. The highest BCUT2D eigenvalue weighted by Gasteiger charge is 2.35. The second kappa shape index (κ2) is 6.79. The van der Waals surface area contributed by atoms with Crippen LogP contribution >= 0.6 is 11.3 Å². The van der Waals surface area contributed by atoms with E-state index in [1.807, 2.05) is 17.5 Å². The Morgan fingerprint density at radius 1 is 1.41 bits per heavy atom. The Morgan fingerprint density at radius 2 is 2.27 bits per heavy atom. The molecule has 0 bridgehead atoms. The van der Waals surface area contributed by atoms with Crippen molar-refractivity contribution in [3.05, 3.63) is 22.4 Å². The molecule has 0 aliphatic carbocycles. The fraction of sp³-hybridized carbons (Fsp3) is 0.625. The molecule has 2 fully saturated rings. The van der Waals surface area contributed by atoms with Gasteiger partial charge in [0.05, 0.1) is 4.88 Å². The zero-order chi connectivity index (χ0) is 15.5. The number of carbonyl (C=O) groups excluding carboxylic acids is 2. The first-order valence-electron chi connectivity index (χ1n) is 8.03. The molecule has 1 aromatic heterocycles. The number of piperidine rings is 1. The quantitative estimate of drug-likeness (QED) is 0.889. The Hall–Kier alpha value is -1.40. The molecular weight excluding hydrogens is 298 g/mol. The molecule has 2 saturated heterocycles. The number of amides is 2. The zero-order valence-electron chi connectivity index (χ0n) is 12.9. The predicted molar refractivity (Wildman–Crippen MR) is 87.0 cm³/mol. The van der Waals surface area contributed by atoms with Crippen molar-refractivity contribution in [3.63, 3.8) is 0 Å². The Balaban J connectivity index is 1.62. The Morgan fingerprint density at radius 3 is 3.00 bits per heavy atom. The van der Waals surface area contributed by atoms with Crippen LogP contribution in [0.4, 0.5) is 0 Å². The number of likely N-dealkylation sites (tertiary alicyclic amines) is 1. The van der Waals surface area contributed by atoms with Gasteiger partial charge in [-0.2, -0.15) is 0 Å². The second-order valence-corrected chi connectivity index (χ2v) is 7.17. The van der Waals surface area contributed by atoms with E-state index in [1.165, 1.54) is 11.3 Å². The number of carbonyl (C=O) groups is 2. The van der Waals surface area contributed by atoms with Crippen LogP contribution in [0.2, 0.25) is 0 Å². The van der Waals surface area contributed by atoms with Crippen LogP contribution in [-0.2, 0) is 4.79 Å². The molecule has 0 aromatic carbocycles. The van der Waals surface area contributed by atoms with Gasteiger partial charge in [0.1, 0.15) is 6.04 Å². The summed E-state index contributed by atoms with van der Waals surface area (Å²) >= 11 is 1.44. The molecule has 2 aliphatic rings. The summed E-state index contributed by atoms with van der Waals surface area (Å²) in [6, 6.07) is 4.06. The Labute approximate surface area is 135 Å². The molecule has 3 unspecified atom stereocenters. The standard InChI is InChI=1S/C16H23N3O2S/c1-11-10-12(6-7-17-11)18-15(20)13-4-2-8-19(13)16(21)14-5-3-9-22-14/h3,5,9,11-13,17H,2,4,6-8,10H2,1H3,(H,18,20). The molecule has 2 aliphatic heterocycles. The van der Waals surface area contributed by atoms with Gasteiger partial charge >= 0.3 is 0 Å². The minimum Gasteiger partial charge on any atom is -0.351 e. The summed E-state index contributed by atoms with van der Waals surface area (Å²) in [6.45, 7) is 3.76. The maximum atomic E-state index is 12.6. The lowest BCUT2D eigenvalue weighted by atomic mass is 10.00. The van der Waals surface area contributed by atoms with Crippen molar-refractivity contribution < 1.29 is 9.59 Å². The van der Waals surface area contributed by atoms with E-state index in [4.69, 9.17) is 0 Å². The maximum Gasteiger partial charge on any atom is 0.264 e. The third kappa shape index (κ3) is 3.33. The second-order valence-electron chi connectivity index (χ2n) is 6.22. The summed E-state index contributed by atoms with van der Waals surface area (Å²) in [5.41, 5.74) is 0. The van der Waals surface area contributed by atoms with E-state index >= 15 is 0 Å². The van der Waals surface area contributed by atoms with Crippen molar-refractivity contribution in [1.82, 2.24) is 15.5 Å². The molecule has 6 heteroatoms. The normalized spacial score (nSPS) is 28.6. The van der Waals surface area contributed by atoms with Gasteiger partial charge in [-0.05, 0) is 50.6 Å². The fourth-order valence-corrected chi connectivity index (χ4v) is 4.06. The highest BCUT2D eigenvalue weighted by molar-refractivity contribution is 7.12. The Bertz CT molecular complexity index is 532. The average molecular weight is 321 g/mol. The van der Waals surface area contributed by atoms with E-state index in [-0.39, 0.29) is 23.9 Å². The SMILES string of the molecule is CC1CC(NC(=O)C2CCCN2C(=O)c2cccs2)CCN1. The first-order valence-corrected chi connectivity index (χ1v) is 8.91. The topological polar surface area (TPSA) is 61.4 Å². The van der Waals surface area contributed by atoms with E-state index in [1.54, 1.807) is 4.90 Å². The lowest BCUT2D eigenvalue weighted by Gasteiger charge is -2.31. The van der Waals surface area contributed by atoms with Crippen LogP contribution in [-0.4, -0.2) is 47.9 Å². The summed E-state index contributed by atoms with van der Waals surface area (Å²) in [7, 11) is 0. The zero-order valence-corrected chi connectivity index (χ0v) is 13.7. The van der Waals surface area contributed by atoms with Gasteiger partial charge in [0.15, 0.2) is 0 Å². The van der Waals surface area contributed by atoms with Gasteiger partial charge in [0, 0.05) is 18.6 Å². The summed E-state index contributed by atoms with van der Waals surface area (Å²) in [4.78, 5) is 27.6. The third-order valence-corrected chi connectivity index (χ3v) is 5.38. The van der Waals surface area contributed by atoms with Crippen molar-refractivity contribution in [1.29, 1.82) is 0 Å². The van der Waals surface area contributed by atoms with Crippen molar-refractivity contribution in [2.45, 2.75) is 50.7 Å². The molecule has 0 radical (unpaired) electrons. The van der Waals surface area contributed by atoms with E-state index in [0.29, 0.717) is 12.6 Å². The smallest absolute Gasteiger partial charge is 0.264 e. The largest absolute Gasteiger partial charge is 0.351 e. The van der Waals surface area contributed by atoms with Gasteiger partial charge < -0.3 is 15.5 Å². The number of nitrogens with one attached hydrogen (secondary N) is 2. The number of hydrogen-bond donors (Lipinski definition) is 2. The van der Waals surface area contributed by atoms with Crippen LogP contribution in [0.25, 0.3) is 0 Å². The van der Waals surface area contributed by atoms with Crippen LogP contribution in [0.5, 0.6) is 0 Å². The lowest BCUT2D eigenvalue weighted by molar-refractivity contribution is -0.125. The highest BCUT2D eigenvalue weighted by Crippen LogP contribution is 2.23. The van der Waals surface area contributed by atoms with Gasteiger partial charge in [-0.1, -0.05) is 6.07 Å².